The maximum Gasteiger partial charge on any atom is 0.419 e. The Balaban J connectivity index is 1.33. The standard InChI is InChI=1S/C25H17Cl2F3N6O3S/c1-11-5-12(13-6-20(26)32-8-18(13)39-2)14(7-31-11)22(37)35-24-34-17-9-36(10-19(17)40-24)23(38)16-4-3-15(21(27)33-16)25(28,29)30/h3-8H,9-10H2,1-2H3,(H,34,35,37). The van der Waals surface area contributed by atoms with Crippen LogP contribution in [0.4, 0.5) is 18.3 Å². The lowest BCUT2D eigenvalue weighted by Gasteiger charge is -2.16. The van der Waals surface area contributed by atoms with Gasteiger partial charge in [0.1, 0.15) is 21.7 Å². The number of anilines is 1. The Bertz CT molecular complexity index is 1640. The van der Waals surface area contributed by atoms with Crippen molar-refractivity contribution in [3.05, 3.63) is 80.1 Å². The zero-order valence-electron chi connectivity index (χ0n) is 20.6. The van der Waals surface area contributed by atoms with Crippen LogP contribution in [0.15, 0.2) is 36.7 Å². The summed E-state index contributed by atoms with van der Waals surface area (Å²) < 4.78 is 44.3. The predicted molar refractivity (Wildman–Crippen MR) is 142 cm³/mol. The van der Waals surface area contributed by atoms with Crippen LogP contribution >= 0.6 is 34.5 Å². The van der Waals surface area contributed by atoms with Crippen LogP contribution in [0.25, 0.3) is 11.1 Å². The van der Waals surface area contributed by atoms with Crippen LogP contribution in [0.3, 0.4) is 0 Å². The molecule has 1 N–H and O–H groups in total. The number of thiazole rings is 1. The zero-order valence-corrected chi connectivity index (χ0v) is 23.0. The van der Waals surface area contributed by atoms with Gasteiger partial charge in [-0.2, -0.15) is 13.2 Å². The molecule has 0 unspecified atom stereocenters. The highest BCUT2D eigenvalue weighted by molar-refractivity contribution is 7.16. The van der Waals surface area contributed by atoms with Gasteiger partial charge in [-0.15, -0.1) is 0 Å². The van der Waals surface area contributed by atoms with E-state index in [1.54, 1.807) is 19.1 Å². The fourth-order valence-electron chi connectivity index (χ4n) is 4.08. The zero-order chi connectivity index (χ0) is 28.8. The maximum atomic E-state index is 13.3. The Labute approximate surface area is 239 Å². The molecule has 0 saturated carbocycles. The summed E-state index contributed by atoms with van der Waals surface area (Å²) in [5.41, 5.74) is 1.24. The van der Waals surface area contributed by atoms with E-state index in [-0.39, 0.29) is 29.5 Å². The lowest BCUT2D eigenvalue weighted by molar-refractivity contribution is -0.137. The van der Waals surface area contributed by atoms with E-state index in [0.29, 0.717) is 38.3 Å². The third-order valence-corrected chi connectivity index (χ3v) is 7.46. The number of methoxy groups -OCH3 is 1. The topological polar surface area (TPSA) is 110 Å². The SMILES string of the molecule is COc1cnc(Cl)cc1-c1cc(C)ncc1C(=O)Nc1nc2c(s1)CN(C(=O)c1ccc(C(F)(F)F)c(Cl)n1)C2. The molecule has 1 aliphatic rings. The second-order valence-electron chi connectivity index (χ2n) is 8.62. The number of rotatable bonds is 5. The molecule has 0 bridgehead atoms. The van der Waals surface area contributed by atoms with Gasteiger partial charge in [-0.25, -0.2) is 15.0 Å². The van der Waals surface area contributed by atoms with Gasteiger partial charge in [0, 0.05) is 23.0 Å². The summed E-state index contributed by atoms with van der Waals surface area (Å²) in [6.07, 6.45) is -1.78. The molecule has 0 aromatic carbocycles. The molecular formula is C25H17Cl2F3N6O3S. The number of nitrogens with one attached hydrogen (secondary N) is 1. The van der Waals surface area contributed by atoms with E-state index in [4.69, 9.17) is 27.9 Å². The van der Waals surface area contributed by atoms with E-state index >= 15 is 0 Å². The number of hydrogen-bond acceptors (Lipinski definition) is 8. The van der Waals surface area contributed by atoms with Crippen molar-refractivity contribution in [3.8, 4) is 16.9 Å². The number of aryl methyl sites for hydroxylation is 1. The monoisotopic (exact) mass is 608 g/mol. The van der Waals surface area contributed by atoms with Crippen molar-refractivity contribution in [2.24, 2.45) is 0 Å². The van der Waals surface area contributed by atoms with Crippen molar-refractivity contribution in [2.75, 3.05) is 12.4 Å². The van der Waals surface area contributed by atoms with Gasteiger partial charge < -0.3 is 9.64 Å². The minimum atomic E-state index is -4.68. The van der Waals surface area contributed by atoms with Gasteiger partial charge in [-0.1, -0.05) is 34.5 Å². The highest BCUT2D eigenvalue weighted by atomic mass is 35.5. The lowest BCUT2D eigenvalue weighted by atomic mass is 10.0. The highest BCUT2D eigenvalue weighted by Crippen LogP contribution is 2.37. The average Bonchev–Trinajstić information content (AvgIpc) is 3.46. The maximum absolute atomic E-state index is 13.3. The molecule has 4 aromatic heterocycles. The van der Waals surface area contributed by atoms with Gasteiger partial charge in [0.25, 0.3) is 11.8 Å². The molecule has 0 fully saturated rings. The van der Waals surface area contributed by atoms with Crippen LogP contribution in [-0.2, 0) is 19.3 Å². The van der Waals surface area contributed by atoms with Crippen molar-refractivity contribution in [1.29, 1.82) is 0 Å². The minimum absolute atomic E-state index is 0.0882. The van der Waals surface area contributed by atoms with Crippen molar-refractivity contribution >= 4 is 51.5 Å². The second-order valence-corrected chi connectivity index (χ2v) is 10.4. The second kappa shape index (κ2) is 10.6. The van der Waals surface area contributed by atoms with Gasteiger partial charge in [-0.05, 0) is 31.2 Å². The molecule has 0 atom stereocenters. The molecule has 4 aromatic rings. The molecule has 206 valence electrons. The first-order valence-corrected chi connectivity index (χ1v) is 13.0. The quantitative estimate of drug-likeness (QED) is 0.275. The van der Waals surface area contributed by atoms with Crippen LogP contribution in [-0.4, -0.2) is 43.8 Å². The Morgan fingerprint density at radius 1 is 1.07 bits per heavy atom. The molecule has 5 heterocycles. The summed E-state index contributed by atoms with van der Waals surface area (Å²) in [5, 5.41) is 2.51. The summed E-state index contributed by atoms with van der Waals surface area (Å²) in [4.78, 5) is 44.6. The van der Waals surface area contributed by atoms with Crippen LogP contribution in [0.5, 0.6) is 5.75 Å². The summed E-state index contributed by atoms with van der Waals surface area (Å²) in [5.74, 6) is -0.640. The summed E-state index contributed by atoms with van der Waals surface area (Å²) in [6, 6.07) is 5.04. The smallest absolute Gasteiger partial charge is 0.419 e. The molecule has 5 rings (SSSR count). The van der Waals surface area contributed by atoms with Gasteiger partial charge in [0.05, 0.1) is 48.1 Å². The Morgan fingerprint density at radius 2 is 1.85 bits per heavy atom. The summed E-state index contributed by atoms with van der Waals surface area (Å²) in [7, 11) is 1.48. The van der Waals surface area contributed by atoms with Crippen molar-refractivity contribution < 1.29 is 27.5 Å². The van der Waals surface area contributed by atoms with E-state index in [2.05, 4.69) is 25.3 Å². The number of carbonyl (C=O) groups excluding carboxylic acids is 2. The van der Waals surface area contributed by atoms with Crippen molar-refractivity contribution in [2.45, 2.75) is 26.2 Å². The molecular weight excluding hydrogens is 592 g/mol. The van der Waals surface area contributed by atoms with E-state index in [9.17, 15) is 22.8 Å². The molecule has 0 radical (unpaired) electrons. The number of amides is 2. The number of aromatic nitrogens is 4. The Kier molecular flexibility index (Phi) is 7.38. The normalized spacial score (nSPS) is 12.8. The summed E-state index contributed by atoms with van der Waals surface area (Å²) >= 11 is 12.9. The van der Waals surface area contributed by atoms with Crippen LogP contribution in [0.2, 0.25) is 10.3 Å². The van der Waals surface area contributed by atoms with Gasteiger partial charge >= 0.3 is 6.18 Å². The Hall–Kier alpha value is -3.81. The van der Waals surface area contributed by atoms with Crippen molar-refractivity contribution in [3.63, 3.8) is 0 Å². The van der Waals surface area contributed by atoms with E-state index in [1.807, 2.05) is 0 Å². The number of pyridine rings is 3. The highest BCUT2D eigenvalue weighted by Gasteiger charge is 2.35. The first kappa shape index (κ1) is 27.7. The number of ether oxygens (including phenoxy) is 1. The summed E-state index contributed by atoms with van der Waals surface area (Å²) in [6.45, 7) is 2.02. The predicted octanol–water partition coefficient (Wildman–Crippen LogP) is 6.05. The fourth-order valence-corrected chi connectivity index (χ4v) is 5.48. The first-order valence-electron chi connectivity index (χ1n) is 11.4. The Morgan fingerprint density at radius 3 is 2.52 bits per heavy atom. The number of fused-ring (bicyclic) bond motifs is 1. The molecule has 2 amide bonds. The average molecular weight is 609 g/mol. The van der Waals surface area contributed by atoms with Gasteiger partial charge in [0.2, 0.25) is 0 Å². The van der Waals surface area contributed by atoms with E-state index in [0.717, 1.165) is 12.1 Å². The number of hydrogen-bond donors (Lipinski definition) is 1. The van der Waals surface area contributed by atoms with Crippen molar-refractivity contribution in [1.82, 2.24) is 24.8 Å². The molecule has 9 nitrogen and oxygen atoms in total. The van der Waals surface area contributed by atoms with Crippen LogP contribution in [0, 0.1) is 6.92 Å². The number of nitrogens with zero attached hydrogens (tertiary/aromatic N) is 5. The molecule has 15 heteroatoms. The number of carbonyl (C=O) groups is 2. The molecule has 0 aliphatic carbocycles. The number of alkyl halides is 3. The van der Waals surface area contributed by atoms with Gasteiger partial charge in [-0.3, -0.25) is 19.9 Å². The molecule has 40 heavy (non-hydrogen) atoms. The van der Waals surface area contributed by atoms with Crippen LogP contribution < -0.4 is 10.1 Å². The minimum Gasteiger partial charge on any atom is -0.494 e. The van der Waals surface area contributed by atoms with E-state index in [1.165, 1.54) is 35.7 Å². The first-order chi connectivity index (χ1) is 18.9. The van der Waals surface area contributed by atoms with Crippen LogP contribution in [0.1, 0.15) is 42.7 Å². The molecule has 0 saturated heterocycles. The van der Waals surface area contributed by atoms with Gasteiger partial charge in [0.15, 0.2) is 5.13 Å². The van der Waals surface area contributed by atoms with E-state index < -0.39 is 28.7 Å². The largest absolute Gasteiger partial charge is 0.494 e. The third kappa shape index (κ3) is 5.44. The molecule has 1 aliphatic heterocycles. The number of halogens is 5. The lowest BCUT2D eigenvalue weighted by Crippen LogP contribution is -2.26. The molecule has 0 spiro atoms. The third-order valence-electron chi connectivity index (χ3n) is 5.96. The fraction of sp³-hybridized carbons (Fsp3) is 0.200.